The minimum atomic E-state index is 0.666. The summed E-state index contributed by atoms with van der Waals surface area (Å²) in [6.07, 6.45) is 5.52. The summed E-state index contributed by atoms with van der Waals surface area (Å²) in [6.45, 7) is 5.12. The second-order valence-corrected chi connectivity index (χ2v) is 5.04. The summed E-state index contributed by atoms with van der Waals surface area (Å²) in [6, 6.07) is 4.00. The van der Waals surface area contributed by atoms with Gasteiger partial charge in [-0.2, -0.15) is 0 Å². The van der Waals surface area contributed by atoms with Crippen LogP contribution in [0.2, 0.25) is 0 Å². The Hall–Kier alpha value is -1.49. The van der Waals surface area contributed by atoms with Gasteiger partial charge in [-0.25, -0.2) is 9.97 Å². The van der Waals surface area contributed by atoms with E-state index < -0.39 is 0 Å². The van der Waals surface area contributed by atoms with Gasteiger partial charge in [-0.1, -0.05) is 19.9 Å². The highest BCUT2D eigenvalue weighted by Gasteiger charge is 2.10. The quantitative estimate of drug-likeness (QED) is 0.912. The number of nitrogens with one attached hydrogen (secondary N) is 1. The van der Waals surface area contributed by atoms with Crippen molar-refractivity contribution < 1.29 is 0 Å². The van der Waals surface area contributed by atoms with Crippen LogP contribution >= 0.6 is 15.9 Å². The highest BCUT2D eigenvalue weighted by atomic mass is 79.9. The topological polar surface area (TPSA) is 50.7 Å². The normalized spacial score (nSPS) is 10.5. The van der Waals surface area contributed by atoms with Crippen LogP contribution in [0.3, 0.4) is 0 Å². The van der Waals surface area contributed by atoms with Gasteiger partial charge in [0.1, 0.15) is 11.5 Å². The Kier molecular flexibility index (Phi) is 4.85. The van der Waals surface area contributed by atoms with E-state index in [4.69, 9.17) is 0 Å². The molecule has 0 aliphatic heterocycles. The lowest BCUT2D eigenvalue weighted by Crippen LogP contribution is -2.05. The Morgan fingerprint density at radius 2 is 2.11 bits per heavy atom. The van der Waals surface area contributed by atoms with Crippen molar-refractivity contribution in [1.29, 1.82) is 0 Å². The van der Waals surface area contributed by atoms with Crippen molar-refractivity contribution in [1.82, 2.24) is 15.0 Å². The number of hydrogen-bond donors (Lipinski definition) is 1. The molecule has 0 spiro atoms. The number of pyridine rings is 1. The molecule has 0 saturated carbocycles. The van der Waals surface area contributed by atoms with E-state index in [0.717, 1.165) is 40.9 Å². The number of hydrogen-bond acceptors (Lipinski definition) is 4. The van der Waals surface area contributed by atoms with Gasteiger partial charge in [-0.15, -0.1) is 0 Å². The summed E-state index contributed by atoms with van der Waals surface area (Å²) in [4.78, 5) is 13.3. The number of nitrogens with zero attached hydrogens (tertiary/aromatic N) is 3. The van der Waals surface area contributed by atoms with Crippen molar-refractivity contribution in [3.8, 4) is 11.5 Å². The Labute approximate surface area is 121 Å². The van der Waals surface area contributed by atoms with E-state index in [0.29, 0.717) is 5.82 Å². The number of aromatic nitrogens is 3. The minimum absolute atomic E-state index is 0.666. The highest BCUT2D eigenvalue weighted by Crippen LogP contribution is 2.24. The van der Waals surface area contributed by atoms with Crippen LogP contribution in [0.15, 0.2) is 29.0 Å². The lowest BCUT2D eigenvalue weighted by atomic mass is 10.1. The van der Waals surface area contributed by atoms with Gasteiger partial charge in [-0.3, -0.25) is 4.98 Å². The van der Waals surface area contributed by atoms with Crippen LogP contribution in [0.4, 0.5) is 5.82 Å². The number of rotatable bonds is 5. The Bertz CT molecular complexity index is 557. The molecule has 0 fully saturated rings. The summed E-state index contributed by atoms with van der Waals surface area (Å²) in [5, 5.41) is 3.28. The molecule has 0 unspecified atom stereocenters. The van der Waals surface area contributed by atoms with Crippen molar-refractivity contribution in [3.05, 3.63) is 34.6 Å². The van der Waals surface area contributed by atoms with Crippen molar-refractivity contribution in [2.45, 2.75) is 26.7 Å². The maximum absolute atomic E-state index is 4.56. The maximum Gasteiger partial charge on any atom is 0.180 e. The molecule has 0 bridgehead atoms. The van der Waals surface area contributed by atoms with Gasteiger partial charge in [0.25, 0.3) is 0 Å². The van der Waals surface area contributed by atoms with Gasteiger partial charge in [0.2, 0.25) is 0 Å². The van der Waals surface area contributed by atoms with Gasteiger partial charge in [0, 0.05) is 18.9 Å². The molecule has 0 atom stereocenters. The van der Waals surface area contributed by atoms with Crippen LogP contribution < -0.4 is 5.32 Å². The summed E-state index contributed by atoms with van der Waals surface area (Å²) >= 11 is 3.46. The fourth-order valence-corrected chi connectivity index (χ4v) is 2.11. The van der Waals surface area contributed by atoms with Crippen LogP contribution in [-0.2, 0) is 6.42 Å². The summed E-state index contributed by atoms with van der Waals surface area (Å²) in [5.74, 6) is 1.49. The molecule has 2 aromatic rings. The molecule has 100 valence electrons. The first-order chi connectivity index (χ1) is 9.26. The predicted molar refractivity (Wildman–Crippen MR) is 81.1 cm³/mol. The third-order valence-corrected chi connectivity index (χ3v) is 3.35. The van der Waals surface area contributed by atoms with E-state index in [9.17, 15) is 0 Å². The first-order valence-corrected chi connectivity index (χ1v) is 7.26. The van der Waals surface area contributed by atoms with Crippen LogP contribution in [0.1, 0.15) is 25.8 Å². The lowest BCUT2D eigenvalue weighted by molar-refractivity contribution is 0.961. The molecule has 0 radical (unpaired) electrons. The first-order valence-electron chi connectivity index (χ1n) is 6.47. The van der Waals surface area contributed by atoms with Crippen LogP contribution in [0, 0.1) is 0 Å². The average Bonchev–Trinajstić information content (AvgIpc) is 2.46. The first kappa shape index (κ1) is 13.9. The number of halogens is 1. The molecule has 0 saturated heterocycles. The molecule has 2 heterocycles. The zero-order chi connectivity index (χ0) is 13.7. The SMILES string of the molecule is CCCNc1nc(-c2ncccc2CC)ncc1Br. The van der Waals surface area contributed by atoms with Crippen molar-refractivity contribution in [3.63, 3.8) is 0 Å². The fraction of sp³-hybridized carbons (Fsp3) is 0.357. The van der Waals surface area contributed by atoms with Crippen molar-refractivity contribution in [2.75, 3.05) is 11.9 Å². The standard InChI is InChI=1S/C14H17BrN4/c1-3-7-17-13-11(15)9-18-14(19-13)12-10(4-2)6-5-8-16-12/h5-6,8-9H,3-4,7H2,1-2H3,(H,17,18,19). The number of aryl methyl sites for hydroxylation is 1. The largest absolute Gasteiger partial charge is 0.369 e. The molecule has 1 N–H and O–H groups in total. The third-order valence-electron chi connectivity index (χ3n) is 2.77. The fourth-order valence-electron chi connectivity index (χ4n) is 1.77. The zero-order valence-corrected chi connectivity index (χ0v) is 12.7. The predicted octanol–water partition coefficient (Wildman–Crippen LogP) is 3.69. The van der Waals surface area contributed by atoms with Gasteiger partial charge >= 0.3 is 0 Å². The Morgan fingerprint density at radius 1 is 1.26 bits per heavy atom. The van der Waals surface area contributed by atoms with E-state index in [-0.39, 0.29) is 0 Å². The molecule has 0 aliphatic rings. The van der Waals surface area contributed by atoms with E-state index in [2.05, 4.69) is 56.1 Å². The van der Waals surface area contributed by atoms with E-state index in [1.165, 1.54) is 0 Å². The Morgan fingerprint density at radius 3 is 2.84 bits per heavy atom. The summed E-state index contributed by atoms with van der Waals surface area (Å²) in [5.41, 5.74) is 2.02. The van der Waals surface area contributed by atoms with Crippen molar-refractivity contribution >= 4 is 21.7 Å². The molecule has 0 aromatic carbocycles. The smallest absolute Gasteiger partial charge is 0.180 e. The molecule has 2 rings (SSSR count). The molecular weight excluding hydrogens is 304 g/mol. The van der Waals surface area contributed by atoms with Gasteiger partial charge in [-0.05, 0) is 40.4 Å². The van der Waals surface area contributed by atoms with Crippen LogP contribution in [0.25, 0.3) is 11.5 Å². The molecule has 0 amide bonds. The van der Waals surface area contributed by atoms with E-state index in [1.54, 1.807) is 12.4 Å². The van der Waals surface area contributed by atoms with Crippen molar-refractivity contribution in [2.24, 2.45) is 0 Å². The highest BCUT2D eigenvalue weighted by molar-refractivity contribution is 9.10. The monoisotopic (exact) mass is 320 g/mol. The minimum Gasteiger partial charge on any atom is -0.369 e. The van der Waals surface area contributed by atoms with Crippen LogP contribution in [0.5, 0.6) is 0 Å². The molecule has 0 aliphatic carbocycles. The van der Waals surface area contributed by atoms with Gasteiger partial charge in [0.15, 0.2) is 5.82 Å². The third kappa shape index (κ3) is 3.29. The maximum atomic E-state index is 4.56. The second-order valence-electron chi connectivity index (χ2n) is 4.18. The zero-order valence-electron chi connectivity index (χ0n) is 11.2. The van der Waals surface area contributed by atoms with E-state index >= 15 is 0 Å². The summed E-state index contributed by atoms with van der Waals surface area (Å²) < 4.78 is 0.874. The van der Waals surface area contributed by atoms with Gasteiger partial charge < -0.3 is 5.32 Å². The Balaban J connectivity index is 2.39. The average molecular weight is 321 g/mol. The molecular formula is C14H17BrN4. The van der Waals surface area contributed by atoms with Gasteiger partial charge in [0.05, 0.1) is 4.47 Å². The molecule has 19 heavy (non-hydrogen) atoms. The number of anilines is 1. The molecule has 5 heteroatoms. The molecule has 4 nitrogen and oxygen atoms in total. The second kappa shape index (κ2) is 6.61. The lowest BCUT2D eigenvalue weighted by Gasteiger charge is -2.09. The van der Waals surface area contributed by atoms with E-state index in [1.807, 2.05) is 6.07 Å². The summed E-state index contributed by atoms with van der Waals surface area (Å²) in [7, 11) is 0. The molecule has 2 aromatic heterocycles. The van der Waals surface area contributed by atoms with Crippen LogP contribution in [-0.4, -0.2) is 21.5 Å².